The Morgan fingerprint density at radius 1 is 1.33 bits per heavy atom. The van der Waals surface area contributed by atoms with Gasteiger partial charge < -0.3 is 15.4 Å². The van der Waals surface area contributed by atoms with Gasteiger partial charge in [-0.15, -0.1) is 0 Å². The van der Waals surface area contributed by atoms with Crippen molar-refractivity contribution in [3.05, 3.63) is 12.2 Å². The number of alkyl carbamates (subject to hydrolysis) is 1. The zero-order chi connectivity index (χ0) is 15.7. The first-order valence-electron chi connectivity index (χ1n) is 7.41. The fourth-order valence-corrected chi connectivity index (χ4v) is 2.81. The predicted octanol–water partition coefficient (Wildman–Crippen LogP) is 2.70. The van der Waals surface area contributed by atoms with E-state index >= 15 is 0 Å². The molecule has 0 spiro atoms. The number of halogens is 2. The van der Waals surface area contributed by atoms with Crippen molar-refractivity contribution in [3.63, 3.8) is 0 Å². The topological polar surface area (TPSA) is 50.4 Å². The molecule has 1 amide bonds. The standard InChI is InChI=1S/C15H24F2N2O2/c1-14(2,3)21-13(20)19-9-15(16,17)8-18-12-7-10-5-4-6-11(10)12/h4,6,10-12,18H,5,7-9H2,1-3H3,(H,19,20). The van der Waals surface area contributed by atoms with Crippen molar-refractivity contribution in [2.45, 2.75) is 51.2 Å². The number of nitrogens with one attached hydrogen (secondary N) is 2. The smallest absolute Gasteiger partial charge is 0.407 e. The summed E-state index contributed by atoms with van der Waals surface area (Å²) in [6.07, 6.45) is 5.44. The Kier molecular flexibility index (Phi) is 4.56. The second-order valence-electron chi connectivity index (χ2n) is 6.94. The number of rotatable bonds is 5. The van der Waals surface area contributed by atoms with Crippen LogP contribution in [-0.4, -0.2) is 36.7 Å². The minimum Gasteiger partial charge on any atom is -0.444 e. The van der Waals surface area contributed by atoms with Gasteiger partial charge in [-0.3, -0.25) is 0 Å². The Labute approximate surface area is 124 Å². The van der Waals surface area contributed by atoms with Crippen molar-refractivity contribution < 1.29 is 18.3 Å². The zero-order valence-electron chi connectivity index (χ0n) is 12.8. The number of amides is 1. The molecule has 0 bridgehead atoms. The van der Waals surface area contributed by atoms with E-state index in [1.165, 1.54) is 0 Å². The molecule has 120 valence electrons. The van der Waals surface area contributed by atoms with Crippen LogP contribution in [0.15, 0.2) is 12.2 Å². The van der Waals surface area contributed by atoms with Gasteiger partial charge in [0.1, 0.15) is 5.60 Å². The molecule has 3 atom stereocenters. The third-order valence-electron chi connectivity index (χ3n) is 3.88. The van der Waals surface area contributed by atoms with E-state index in [-0.39, 0.29) is 6.04 Å². The largest absolute Gasteiger partial charge is 0.444 e. The molecule has 2 N–H and O–H groups in total. The molecule has 3 unspecified atom stereocenters. The molecule has 21 heavy (non-hydrogen) atoms. The molecule has 2 rings (SSSR count). The Morgan fingerprint density at radius 3 is 2.67 bits per heavy atom. The number of ether oxygens (including phenoxy) is 1. The average Bonchev–Trinajstić information content (AvgIpc) is 2.67. The minimum atomic E-state index is -2.98. The summed E-state index contributed by atoms with van der Waals surface area (Å²) < 4.78 is 32.4. The number of alkyl halides is 2. The fraction of sp³-hybridized carbons (Fsp3) is 0.800. The summed E-state index contributed by atoms with van der Waals surface area (Å²) in [5.41, 5.74) is -0.687. The van der Waals surface area contributed by atoms with E-state index in [0.29, 0.717) is 11.8 Å². The Balaban J connectivity index is 1.67. The first-order valence-corrected chi connectivity index (χ1v) is 7.41. The number of carbonyl (C=O) groups is 1. The van der Waals surface area contributed by atoms with Gasteiger partial charge in [0, 0.05) is 6.04 Å². The molecule has 1 fully saturated rings. The lowest BCUT2D eigenvalue weighted by Crippen LogP contribution is -2.53. The lowest BCUT2D eigenvalue weighted by atomic mass is 9.71. The summed E-state index contributed by atoms with van der Waals surface area (Å²) in [4.78, 5) is 11.4. The van der Waals surface area contributed by atoms with E-state index in [1.807, 2.05) is 0 Å². The number of hydrogen-bond acceptors (Lipinski definition) is 3. The third kappa shape index (κ3) is 4.66. The maximum absolute atomic E-state index is 13.7. The molecule has 0 aromatic rings. The molecule has 4 nitrogen and oxygen atoms in total. The summed E-state index contributed by atoms with van der Waals surface area (Å²) in [6.45, 7) is 3.92. The zero-order valence-corrected chi connectivity index (χ0v) is 12.8. The first kappa shape index (κ1) is 16.2. The van der Waals surface area contributed by atoms with Gasteiger partial charge in [-0.05, 0) is 45.4 Å². The Bertz CT molecular complexity index is 418. The molecule has 0 saturated heterocycles. The van der Waals surface area contributed by atoms with E-state index in [4.69, 9.17) is 4.74 Å². The molecule has 0 aromatic heterocycles. The van der Waals surface area contributed by atoms with E-state index in [0.717, 1.165) is 12.8 Å². The molecule has 1 saturated carbocycles. The number of carbonyl (C=O) groups excluding carboxylic acids is 1. The van der Waals surface area contributed by atoms with Gasteiger partial charge in [0.2, 0.25) is 0 Å². The molecule has 0 radical (unpaired) electrons. The summed E-state index contributed by atoms with van der Waals surface area (Å²) in [5, 5.41) is 5.03. The maximum Gasteiger partial charge on any atom is 0.407 e. The second-order valence-corrected chi connectivity index (χ2v) is 6.94. The van der Waals surface area contributed by atoms with Crippen LogP contribution in [0.1, 0.15) is 33.6 Å². The van der Waals surface area contributed by atoms with Crippen molar-refractivity contribution in [2.75, 3.05) is 13.1 Å². The number of allylic oxidation sites excluding steroid dienone is 1. The third-order valence-corrected chi connectivity index (χ3v) is 3.88. The Hall–Kier alpha value is -1.17. The van der Waals surface area contributed by atoms with E-state index in [1.54, 1.807) is 20.8 Å². The number of hydrogen-bond donors (Lipinski definition) is 2. The highest BCUT2D eigenvalue weighted by Crippen LogP contribution is 2.42. The summed E-state index contributed by atoms with van der Waals surface area (Å²) in [6, 6.07) is 0.140. The minimum absolute atomic E-state index is 0.140. The van der Waals surface area contributed by atoms with Gasteiger partial charge in [-0.1, -0.05) is 12.2 Å². The van der Waals surface area contributed by atoms with Gasteiger partial charge in [0.05, 0.1) is 13.1 Å². The van der Waals surface area contributed by atoms with Crippen molar-refractivity contribution in [1.29, 1.82) is 0 Å². The molecular weight excluding hydrogens is 278 g/mol. The highest BCUT2D eigenvalue weighted by atomic mass is 19.3. The summed E-state index contributed by atoms with van der Waals surface area (Å²) >= 11 is 0. The lowest BCUT2D eigenvalue weighted by molar-refractivity contribution is -0.0121. The lowest BCUT2D eigenvalue weighted by Gasteiger charge is -2.41. The van der Waals surface area contributed by atoms with Gasteiger partial charge in [-0.25, -0.2) is 13.6 Å². The van der Waals surface area contributed by atoms with Gasteiger partial charge >= 0.3 is 6.09 Å². The van der Waals surface area contributed by atoms with Crippen LogP contribution in [0.5, 0.6) is 0 Å². The number of fused-ring (bicyclic) bond motifs is 1. The van der Waals surface area contributed by atoms with Crippen LogP contribution in [-0.2, 0) is 4.74 Å². The summed E-state index contributed by atoms with van der Waals surface area (Å²) in [5.74, 6) is -1.94. The average molecular weight is 302 g/mol. The van der Waals surface area contributed by atoms with E-state index in [9.17, 15) is 13.6 Å². The van der Waals surface area contributed by atoms with Crippen LogP contribution in [0.25, 0.3) is 0 Å². The molecule has 0 aliphatic heterocycles. The highest BCUT2D eigenvalue weighted by Gasteiger charge is 2.42. The van der Waals surface area contributed by atoms with Crippen molar-refractivity contribution in [1.82, 2.24) is 10.6 Å². The molecule has 0 aromatic carbocycles. The quantitative estimate of drug-likeness (QED) is 0.768. The van der Waals surface area contributed by atoms with Gasteiger partial charge in [0.25, 0.3) is 5.92 Å². The van der Waals surface area contributed by atoms with Crippen molar-refractivity contribution in [2.24, 2.45) is 11.8 Å². The van der Waals surface area contributed by atoms with Crippen LogP contribution in [0, 0.1) is 11.8 Å². The summed E-state index contributed by atoms with van der Waals surface area (Å²) in [7, 11) is 0. The monoisotopic (exact) mass is 302 g/mol. The maximum atomic E-state index is 13.7. The van der Waals surface area contributed by atoms with Crippen LogP contribution in [0.4, 0.5) is 13.6 Å². The second kappa shape index (κ2) is 5.91. The van der Waals surface area contributed by atoms with E-state index in [2.05, 4.69) is 22.8 Å². The van der Waals surface area contributed by atoms with Gasteiger partial charge in [-0.2, -0.15) is 0 Å². The molecule has 2 aliphatic carbocycles. The SMILES string of the molecule is CC(C)(C)OC(=O)NCC(F)(F)CNC1CC2CC=CC21. The molecule has 2 aliphatic rings. The van der Waals surface area contributed by atoms with Crippen molar-refractivity contribution >= 4 is 6.09 Å². The van der Waals surface area contributed by atoms with Crippen molar-refractivity contribution in [3.8, 4) is 0 Å². The van der Waals surface area contributed by atoms with Crippen LogP contribution in [0.3, 0.4) is 0 Å². The Morgan fingerprint density at radius 2 is 2.05 bits per heavy atom. The molecular formula is C15H24F2N2O2. The fourth-order valence-electron chi connectivity index (χ4n) is 2.81. The molecule has 0 heterocycles. The van der Waals surface area contributed by atoms with E-state index < -0.39 is 30.7 Å². The molecule has 6 heteroatoms. The predicted molar refractivity (Wildman–Crippen MR) is 76.3 cm³/mol. The van der Waals surface area contributed by atoms with Crippen LogP contribution >= 0.6 is 0 Å². The highest BCUT2D eigenvalue weighted by molar-refractivity contribution is 5.67. The van der Waals surface area contributed by atoms with Crippen LogP contribution < -0.4 is 10.6 Å². The first-order chi connectivity index (χ1) is 9.66. The van der Waals surface area contributed by atoms with Crippen LogP contribution in [0.2, 0.25) is 0 Å². The normalized spacial score (nSPS) is 28.0. The van der Waals surface area contributed by atoms with Gasteiger partial charge in [0.15, 0.2) is 0 Å².